The Morgan fingerprint density at radius 3 is 2.67 bits per heavy atom. The molecular weight excluding hydrogens is 230 g/mol. The monoisotopic (exact) mass is 239 g/mol. The van der Waals surface area contributed by atoms with E-state index in [-0.39, 0.29) is 0 Å². The second-order valence-corrected chi connectivity index (χ2v) is 4.21. The molecule has 0 saturated carbocycles. The molecule has 0 saturated heterocycles. The van der Waals surface area contributed by atoms with E-state index in [0.717, 1.165) is 10.7 Å². The van der Waals surface area contributed by atoms with Gasteiger partial charge in [-0.25, -0.2) is 9.67 Å². The van der Waals surface area contributed by atoms with Crippen molar-refractivity contribution in [3.8, 4) is 11.4 Å². The summed E-state index contributed by atoms with van der Waals surface area (Å²) in [7, 11) is 1.87. The number of rotatable bonds is 2. The van der Waals surface area contributed by atoms with Gasteiger partial charge in [-0.05, 0) is 18.4 Å². The van der Waals surface area contributed by atoms with Crippen LogP contribution in [0.1, 0.15) is 0 Å². The standard InChI is InChI=1S/C10H10ClN3S/c1-14-10(15-2)12-9(13-14)7-5-3-4-6-8(7)11/h3-6H,1-2H3. The van der Waals surface area contributed by atoms with Crippen molar-refractivity contribution in [1.82, 2.24) is 14.8 Å². The van der Waals surface area contributed by atoms with Gasteiger partial charge < -0.3 is 0 Å². The van der Waals surface area contributed by atoms with Gasteiger partial charge in [0.15, 0.2) is 11.0 Å². The van der Waals surface area contributed by atoms with Crippen molar-refractivity contribution in [3.05, 3.63) is 29.3 Å². The summed E-state index contributed by atoms with van der Waals surface area (Å²) in [6, 6.07) is 7.58. The summed E-state index contributed by atoms with van der Waals surface area (Å²) in [5.41, 5.74) is 0.870. The lowest BCUT2D eigenvalue weighted by atomic mass is 10.2. The van der Waals surface area contributed by atoms with Crippen LogP contribution in [0.4, 0.5) is 0 Å². The van der Waals surface area contributed by atoms with E-state index >= 15 is 0 Å². The first kappa shape index (κ1) is 10.5. The fourth-order valence-electron chi connectivity index (χ4n) is 1.30. The van der Waals surface area contributed by atoms with Crippen molar-refractivity contribution >= 4 is 23.4 Å². The molecule has 0 aliphatic heterocycles. The maximum atomic E-state index is 6.07. The Morgan fingerprint density at radius 1 is 1.33 bits per heavy atom. The summed E-state index contributed by atoms with van der Waals surface area (Å²) in [6.07, 6.45) is 1.97. The molecule has 0 fully saturated rings. The highest BCUT2D eigenvalue weighted by molar-refractivity contribution is 7.98. The number of hydrogen-bond donors (Lipinski definition) is 0. The number of nitrogens with zero attached hydrogens (tertiary/aromatic N) is 3. The first-order chi connectivity index (χ1) is 7.22. The Morgan fingerprint density at radius 2 is 2.07 bits per heavy atom. The number of hydrogen-bond acceptors (Lipinski definition) is 3. The molecule has 0 spiro atoms. The number of benzene rings is 1. The number of thioether (sulfide) groups is 1. The Balaban J connectivity index is 2.50. The van der Waals surface area contributed by atoms with Crippen LogP contribution in [0.5, 0.6) is 0 Å². The van der Waals surface area contributed by atoms with Gasteiger partial charge in [-0.2, -0.15) is 5.10 Å². The highest BCUT2D eigenvalue weighted by atomic mass is 35.5. The molecule has 0 aliphatic rings. The van der Waals surface area contributed by atoms with Gasteiger partial charge in [-0.3, -0.25) is 0 Å². The molecule has 78 valence electrons. The van der Waals surface area contributed by atoms with E-state index in [9.17, 15) is 0 Å². The number of halogens is 1. The van der Waals surface area contributed by atoms with E-state index in [4.69, 9.17) is 11.6 Å². The van der Waals surface area contributed by atoms with Crippen LogP contribution in [0, 0.1) is 0 Å². The molecule has 3 nitrogen and oxygen atoms in total. The molecule has 1 aromatic carbocycles. The molecule has 0 bridgehead atoms. The molecule has 2 rings (SSSR count). The second kappa shape index (κ2) is 4.24. The van der Waals surface area contributed by atoms with Crippen molar-refractivity contribution in [1.29, 1.82) is 0 Å². The topological polar surface area (TPSA) is 30.7 Å². The van der Waals surface area contributed by atoms with Crippen LogP contribution in [0.3, 0.4) is 0 Å². The molecule has 2 aromatic rings. The third-order valence-electron chi connectivity index (χ3n) is 2.02. The molecular formula is C10H10ClN3S. The minimum absolute atomic E-state index is 0.674. The zero-order valence-corrected chi connectivity index (χ0v) is 10.0. The fraction of sp³-hybridized carbons (Fsp3) is 0.200. The van der Waals surface area contributed by atoms with Crippen molar-refractivity contribution < 1.29 is 0 Å². The maximum Gasteiger partial charge on any atom is 0.186 e. The van der Waals surface area contributed by atoms with Crippen LogP contribution in [0.25, 0.3) is 11.4 Å². The van der Waals surface area contributed by atoms with Crippen LogP contribution < -0.4 is 0 Å². The van der Waals surface area contributed by atoms with E-state index in [2.05, 4.69) is 10.1 Å². The fourth-order valence-corrected chi connectivity index (χ4v) is 2.01. The molecule has 0 N–H and O–H groups in total. The molecule has 0 unspecified atom stereocenters. The van der Waals surface area contributed by atoms with Gasteiger partial charge in [-0.1, -0.05) is 35.5 Å². The van der Waals surface area contributed by atoms with E-state index in [0.29, 0.717) is 10.8 Å². The Labute approximate surface area is 97.5 Å². The zero-order chi connectivity index (χ0) is 10.8. The summed E-state index contributed by atoms with van der Waals surface area (Å²) >= 11 is 7.63. The molecule has 15 heavy (non-hydrogen) atoms. The summed E-state index contributed by atoms with van der Waals surface area (Å²) < 4.78 is 1.75. The van der Waals surface area contributed by atoms with Gasteiger partial charge in [0.05, 0.1) is 5.02 Å². The Kier molecular flexibility index (Phi) is 2.98. The minimum Gasteiger partial charge on any atom is -0.243 e. The zero-order valence-electron chi connectivity index (χ0n) is 8.44. The van der Waals surface area contributed by atoms with Gasteiger partial charge in [0.25, 0.3) is 0 Å². The molecule has 0 amide bonds. The Hall–Kier alpha value is -1.00. The minimum atomic E-state index is 0.674. The highest BCUT2D eigenvalue weighted by Crippen LogP contribution is 2.26. The largest absolute Gasteiger partial charge is 0.243 e. The van der Waals surface area contributed by atoms with Gasteiger partial charge in [0.1, 0.15) is 0 Å². The van der Waals surface area contributed by atoms with Crippen LogP contribution in [0.15, 0.2) is 29.4 Å². The van der Waals surface area contributed by atoms with Crippen LogP contribution in [-0.2, 0) is 7.05 Å². The molecule has 0 radical (unpaired) electrons. The smallest absolute Gasteiger partial charge is 0.186 e. The SMILES string of the molecule is CSc1nc(-c2ccccc2Cl)nn1C. The lowest BCUT2D eigenvalue weighted by Gasteiger charge is -1.96. The van der Waals surface area contributed by atoms with Crippen molar-refractivity contribution in [2.75, 3.05) is 6.26 Å². The van der Waals surface area contributed by atoms with Crippen molar-refractivity contribution in [3.63, 3.8) is 0 Å². The third kappa shape index (κ3) is 2.01. The lowest BCUT2D eigenvalue weighted by Crippen LogP contribution is -1.91. The predicted octanol–water partition coefficient (Wildman–Crippen LogP) is 2.86. The van der Waals surface area contributed by atoms with E-state index in [1.54, 1.807) is 16.4 Å². The van der Waals surface area contributed by atoms with Gasteiger partial charge in [-0.15, -0.1) is 0 Å². The molecule has 5 heteroatoms. The number of aromatic nitrogens is 3. The molecule has 0 aliphatic carbocycles. The average Bonchev–Trinajstić information content (AvgIpc) is 2.60. The summed E-state index contributed by atoms with van der Waals surface area (Å²) in [4.78, 5) is 4.39. The molecule has 1 aromatic heterocycles. The quantitative estimate of drug-likeness (QED) is 0.755. The second-order valence-electron chi connectivity index (χ2n) is 3.03. The van der Waals surface area contributed by atoms with E-state index in [1.165, 1.54) is 0 Å². The summed E-state index contributed by atoms with van der Waals surface area (Å²) in [6.45, 7) is 0. The molecule has 1 heterocycles. The van der Waals surface area contributed by atoms with Crippen molar-refractivity contribution in [2.24, 2.45) is 7.05 Å². The Bertz CT molecular complexity index is 481. The summed E-state index contributed by atoms with van der Waals surface area (Å²) in [5.74, 6) is 0.674. The van der Waals surface area contributed by atoms with Crippen molar-refractivity contribution in [2.45, 2.75) is 5.16 Å². The number of aryl methyl sites for hydroxylation is 1. The maximum absolute atomic E-state index is 6.07. The first-order valence-corrected chi connectivity index (χ1v) is 6.02. The lowest BCUT2D eigenvalue weighted by molar-refractivity contribution is 0.687. The van der Waals surface area contributed by atoms with Crippen LogP contribution in [-0.4, -0.2) is 21.0 Å². The van der Waals surface area contributed by atoms with Crippen LogP contribution >= 0.6 is 23.4 Å². The highest BCUT2D eigenvalue weighted by Gasteiger charge is 2.10. The summed E-state index contributed by atoms with van der Waals surface area (Å²) in [5, 5.41) is 5.87. The van der Waals surface area contributed by atoms with Gasteiger partial charge >= 0.3 is 0 Å². The van der Waals surface area contributed by atoms with Crippen LogP contribution in [0.2, 0.25) is 5.02 Å². The van der Waals surface area contributed by atoms with Gasteiger partial charge in [0.2, 0.25) is 0 Å². The van der Waals surface area contributed by atoms with Gasteiger partial charge in [0, 0.05) is 12.6 Å². The van der Waals surface area contributed by atoms with E-state index in [1.807, 2.05) is 37.6 Å². The first-order valence-electron chi connectivity index (χ1n) is 4.42. The van der Waals surface area contributed by atoms with E-state index < -0.39 is 0 Å². The average molecular weight is 240 g/mol. The molecule has 0 atom stereocenters. The third-order valence-corrected chi connectivity index (χ3v) is 3.07. The normalized spacial score (nSPS) is 10.6. The predicted molar refractivity (Wildman–Crippen MR) is 63.2 cm³/mol.